The highest BCUT2D eigenvalue weighted by Crippen LogP contribution is 2.36. The number of aliphatic carboxylic acids is 1. The van der Waals surface area contributed by atoms with Crippen LogP contribution in [0, 0.1) is 44.4 Å². The quantitative estimate of drug-likeness (QED) is 0.514. The number of carboxylic acids is 1. The van der Waals surface area contributed by atoms with Crippen LogP contribution in [0.15, 0.2) is 24.5 Å². The number of aryl methyl sites for hydroxylation is 3. The van der Waals surface area contributed by atoms with E-state index in [2.05, 4.69) is 14.9 Å². The van der Waals surface area contributed by atoms with E-state index < -0.39 is 17.8 Å². The van der Waals surface area contributed by atoms with Crippen molar-refractivity contribution in [3.05, 3.63) is 52.1 Å². The van der Waals surface area contributed by atoms with E-state index in [1.807, 2.05) is 43.9 Å². The van der Waals surface area contributed by atoms with Gasteiger partial charge in [-0.3, -0.25) is 14.4 Å². The number of carboxylic acid groups (broad SMARTS) is 1. The van der Waals surface area contributed by atoms with Gasteiger partial charge < -0.3 is 19.8 Å². The second-order valence-electron chi connectivity index (χ2n) is 11.7. The zero-order chi connectivity index (χ0) is 28.6. The largest absolute Gasteiger partial charge is 0.481 e. The summed E-state index contributed by atoms with van der Waals surface area (Å²) < 4.78 is 0. The number of anilines is 1. The molecular formula is C30H38ClN5O4. The van der Waals surface area contributed by atoms with Gasteiger partial charge in [-0.05, 0) is 76.1 Å². The van der Waals surface area contributed by atoms with Crippen LogP contribution < -0.4 is 4.90 Å². The molecule has 2 aromatic rings. The molecule has 10 heteroatoms. The van der Waals surface area contributed by atoms with Crippen LogP contribution in [0.25, 0.3) is 0 Å². The fourth-order valence-corrected chi connectivity index (χ4v) is 6.99. The Hall–Kier alpha value is -3.04. The SMILES string of the molecule is Cc1ccc(N(CCCN2CC3CN(C(=O)c4c(C)ncnc4C)CC3C2)C(=O)[C@H]2CCC[C@H]2C(=O)O)cc1Cl. The third-order valence-corrected chi connectivity index (χ3v) is 9.44. The van der Waals surface area contributed by atoms with Gasteiger partial charge in [0.25, 0.3) is 5.91 Å². The van der Waals surface area contributed by atoms with Crippen LogP contribution in [-0.4, -0.2) is 81.9 Å². The number of carbonyl (C=O) groups is 3. The molecule has 5 rings (SSSR count). The highest BCUT2D eigenvalue weighted by molar-refractivity contribution is 6.31. The van der Waals surface area contributed by atoms with Gasteiger partial charge >= 0.3 is 5.97 Å². The fraction of sp³-hybridized carbons (Fsp3) is 0.567. The van der Waals surface area contributed by atoms with Crippen LogP contribution in [0.4, 0.5) is 5.69 Å². The van der Waals surface area contributed by atoms with Crippen molar-refractivity contribution in [3.8, 4) is 0 Å². The Kier molecular flexibility index (Phi) is 8.42. The number of hydrogen-bond donors (Lipinski definition) is 1. The standard InChI is InChI=1S/C30H38ClN5O4/c1-18-8-9-23(12-26(18)31)36(28(37)24-6-4-7-25(24)30(39)40)11-5-10-34-13-21-15-35(16-22(21)14-34)29(38)27-19(2)32-17-33-20(27)3/h8-9,12,17,21-22,24-25H,4-7,10-11,13-16H2,1-3H3,(H,39,40)/t21?,22?,24-,25+/m0/s1. The molecule has 2 amide bonds. The topological polar surface area (TPSA) is 107 Å². The maximum atomic E-state index is 13.7. The lowest BCUT2D eigenvalue weighted by Gasteiger charge is -2.29. The van der Waals surface area contributed by atoms with E-state index in [1.165, 1.54) is 6.33 Å². The number of carbonyl (C=O) groups excluding carboxylic acids is 2. The number of fused-ring (bicyclic) bond motifs is 1. The van der Waals surface area contributed by atoms with Gasteiger partial charge in [-0.2, -0.15) is 0 Å². The summed E-state index contributed by atoms with van der Waals surface area (Å²) in [4.78, 5) is 53.3. The Labute approximate surface area is 240 Å². The monoisotopic (exact) mass is 567 g/mol. The number of likely N-dealkylation sites (tertiary alicyclic amines) is 2. The summed E-state index contributed by atoms with van der Waals surface area (Å²) in [5.41, 5.74) is 3.71. The van der Waals surface area contributed by atoms with Crippen molar-refractivity contribution in [1.82, 2.24) is 19.8 Å². The van der Waals surface area contributed by atoms with Crippen LogP contribution in [0.3, 0.4) is 0 Å². The first-order valence-electron chi connectivity index (χ1n) is 14.2. The summed E-state index contributed by atoms with van der Waals surface area (Å²) in [7, 11) is 0. The van der Waals surface area contributed by atoms with Gasteiger partial charge in [0.1, 0.15) is 6.33 Å². The van der Waals surface area contributed by atoms with E-state index >= 15 is 0 Å². The van der Waals surface area contributed by atoms with E-state index in [1.54, 1.807) is 4.90 Å². The van der Waals surface area contributed by atoms with Gasteiger partial charge in [-0.15, -0.1) is 0 Å². The first-order chi connectivity index (χ1) is 19.1. The van der Waals surface area contributed by atoms with Crippen molar-refractivity contribution in [2.45, 2.75) is 46.5 Å². The van der Waals surface area contributed by atoms with Crippen molar-refractivity contribution < 1.29 is 19.5 Å². The van der Waals surface area contributed by atoms with Gasteiger partial charge in [0, 0.05) is 43.4 Å². The van der Waals surface area contributed by atoms with E-state index in [9.17, 15) is 19.5 Å². The normalized spacial score (nSPS) is 24.4. The molecular weight excluding hydrogens is 530 g/mol. The van der Waals surface area contributed by atoms with Crippen LogP contribution in [0.2, 0.25) is 5.02 Å². The number of amides is 2. The minimum Gasteiger partial charge on any atom is -0.481 e. The summed E-state index contributed by atoms with van der Waals surface area (Å²) in [6, 6.07) is 5.62. The molecule has 40 heavy (non-hydrogen) atoms. The Morgan fingerprint density at radius 2 is 1.65 bits per heavy atom. The van der Waals surface area contributed by atoms with Crippen molar-refractivity contribution in [2.75, 3.05) is 44.2 Å². The Bertz CT molecular complexity index is 1270. The number of nitrogens with zero attached hydrogens (tertiary/aromatic N) is 5. The van der Waals surface area contributed by atoms with Crippen molar-refractivity contribution in [1.29, 1.82) is 0 Å². The average Bonchev–Trinajstić information content (AvgIpc) is 3.63. The fourth-order valence-electron chi connectivity index (χ4n) is 6.82. The van der Waals surface area contributed by atoms with Gasteiger partial charge in [0.2, 0.25) is 5.91 Å². The predicted octanol–water partition coefficient (Wildman–Crippen LogP) is 3.98. The van der Waals surface area contributed by atoms with E-state index in [0.29, 0.717) is 41.8 Å². The second kappa shape index (κ2) is 11.8. The van der Waals surface area contributed by atoms with E-state index in [0.717, 1.165) is 68.2 Å². The number of hydrogen-bond acceptors (Lipinski definition) is 6. The second-order valence-corrected chi connectivity index (χ2v) is 12.1. The van der Waals surface area contributed by atoms with Gasteiger partial charge in [0.15, 0.2) is 0 Å². The molecule has 3 aliphatic rings. The summed E-state index contributed by atoms with van der Waals surface area (Å²) in [5.74, 6) is -1.26. The molecule has 1 aromatic carbocycles. The zero-order valence-electron chi connectivity index (χ0n) is 23.5. The molecule has 9 nitrogen and oxygen atoms in total. The van der Waals surface area contributed by atoms with Crippen LogP contribution >= 0.6 is 11.6 Å². The molecule has 1 aliphatic carbocycles. The maximum absolute atomic E-state index is 13.7. The first-order valence-corrected chi connectivity index (χ1v) is 14.6. The lowest BCUT2D eigenvalue weighted by Crippen LogP contribution is -2.41. The summed E-state index contributed by atoms with van der Waals surface area (Å²) in [5, 5.41) is 10.3. The molecule has 2 saturated heterocycles. The van der Waals surface area contributed by atoms with Gasteiger partial charge in [-0.25, -0.2) is 9.97 Å². The van der Waals surface area contributed by atoms with Gasteiger partial charge in [0.05, 0.1) is 28.8 Å². The Balaban J connectivity index is 1.19. The Morgan fingerprint density at radius 3 is 2.27 bits per heavy atom. The first kappa shape index (κ1) is 28.5. The summed E-state index contributed by atoms with van der Waals surface area (Å²) in [6.45, 7) is 10.3. The number of aromatic nitrogens is 2. The van der Waals surface area contributed by atoms with Crippen LogP contribution in [-0.2, 0) is 9.59 Å². The zero-order valence-corrected chi connectivity index (χ0v) is 24.2. The molecule has 0 radical (unpaired) electrons. The van der Waals surface area contributed by atoms with Crippen molar-refractivity contribution in [2.24, 2.45) is 23.7 Å². The summed E-state index contributed by atoms with van der Waals surface area (Å²) in [6.07, 6.45) is 4.16. The number of rotatable bonds is 8. The smallest absolute Gasteiger partial charge is 0.307 e. The molecule has 4 atom stereocenters. The Morgan fingerprint density at radius 1 is 1.00 bits per heavy atom. The summed E-state index contributed by atoms with van der Waals surface area (Å²) >= 11 is 6.41. The third kappa shape index (κ3) is 5.72. The average molecular weight is 568 g/mol. The highest BCUT2D eigenvalue weighted by atomic mass is 35.5. The molecule has 0 spiro atoms. The molecule has 0 bridgehead atoms. The van der Waals surface area contributed by atoms with Crippen molar-refractivity contribution in [3.63, 3.8) is 0 Å². The lowest BCUT2D eigenvalue weighted by atomic mass is 9.94. The molecule has 3 heterocycles. The number of halogens is 1. The van der Waals surface area contributed by atoms with Crippen LogP contribution in [0.1, 0.15) is 53.0 Å². The predicted molar refractivity (Wildman–Crippen MR) is 152 cm³/mol. The minimum atomic E-state index is -0.890. The molecule has 2 aliphatic heterocycles. The molecule has 1 aromatic heterocycles. The minimum absolute atomic E-state index is 0.0223. The molecule has 1 N–H and O–H groups in total. The van der Waals surface area contributed by atoms with Gasteiger partial charge in [-0.1, -0.05) is 24.1 Å². The molecule has 214 valence electrons. The molecule has 3 fully saturated rings. The van der Waals surface area contributed by atoms with E-state index in [4.69, 9.17) is 11.6 Å². The number of benzene rings is 1. The maximum Gasteiger partial charge on any atom is 0.307 e. The third-order valence-electron chi connectivity index (χ3n) is 9.03. The van der Waals surface area contributed by atoms with Crippen LogP contribution in [0.5, 0.6) is 0 Å². The highest BCUT2D eigenvalue weighted by Gasteiger charge is 2.43. The lowest BCUT2D eigenvalue weighted by molar-refractivity contribution is -0.145. The van der Waals surface area contributed by atoms with E-state index in [-0.39, 0.29) is 11.8 Å². The van der Waals surface area contributed by atoms with Crippen molar-refractivity contribution >= 4 is 35.1 Å². The molecule has 2 unspecified atom stereocenters. The molecule has 1 saturated carbocycles.